The molecule has 0 fully saturated rings. The van der Waals surface area contributed by atoms with Crippen molar-refractivity contribution < 1.29 is 0 Å². The van der Waals surface area contributed by atoms with Crippen molar-refractivity contribution in [2.75, 3.05) is 0 Å². The van der Waals surface area contributed by atoms with Crippen LogP contribution < -0.4 is 0 Å². The van der Waals surface area contributed by atoms with E-state index in [4.69, 9.17) is 0 Å². The van der Waals surface area contributed by atoms with Crippen molar-refractivity contribution in [1.82, 2.24) is 0 Å². The third-order valence-electron chi connectivity index (χ3n) is 7.87. The monoisotopic (exact) mass is 400 g/mol. The van der Waals surface area contributed by atoms with E-state index in [1.165, 1.54) is 86.2 Å². The van der Waals surface area contributed by atoms with Crippen LogP contribution in [0.2, 0.25) is 0 Å². The van der Waals surface area contributed by atoms with Crippen molar-refractivity contribution in [3.8, 4) is 0 Å². The Hall–Kier alpha value is -4.16. The zero-order chi connectivity index (χ0) is 20.6. The molecule has 0 saturated carbocycles. The summed E-state index contributed by atoms with van der Waals surface area (Å²) in [5, 5.41) is 22.1. The van der Waals surface area contributed by atoms with E-state index in [-0.39, 0.29) is 0 Å². The van der Waals surface area contributed by atoms with Gasteiger partial charge in [0, 0.05) is 0 Å². The van der Waals surface area contributed by atoms with Gasteiger partial charge in [-0.05, 0) is 86.2 Å². The van der Waals surface area contributed by atoms with Crippen LogP contribution in [0.25, 0.3) is 86.2 Å². The molecule has 0 bridgehead atoms. The number of rotatable bonds is 0. The van der Waals surface area contributed by atoms with Crippen molar-refractivity contribution in [2.45, 2.75) is 0 Å². The van der Waals surface area contributed by atoms with Crippen molar-refractivity contribution in [1.29, 1.82) is 0 Å². The van der Waals surface area contributed by atoms with Crippen LogP contribution in [0.5, 0.6) is 0 Å². The lowest BCUT2D eigenvalue weighted by atomic mass is 9.88. The molecule has 0 amide bonds. The van der Waals surface area contributed by atoms with Crippen LogP contribution in [-0.4, -0.2) is 0 Å². The minimum absolute atomic E-state index is 1.30. The van der Waals surface area contributed by atoms with E-state index in [1.807, 2.05) is 0 Å². The maximum Gasteiger partial charge on any atom is -0.000718 e. The van der Waals surface area contributed by atoms with E-state index in [2.05, 4.69) is 97.1 Å². The lowest BCUT2D eigenvalue weighted by Gasteiger charge is -2.14. The molecule has 0 aliphatic rings. The molecule has 0 radical (unpaired) electrons. The highest BCUT2D eigenvalue weighted by Crippen LogP contribution is 2.51. The van der Waals surface area contributed by atoms with Crippen LogP contribution in [-0.2, 0) is 0 Å². The maximum atomic E-state index is 2.37. The van der Waals surface area contributed by atoms with E-state index in [0.29, 0.717) is 0 Å². The second-order valence-electron chi connectivity index (χ2n) is 9.27. The highest BCUT2D eigenvalue weighted by Gasteiger charge is 2.23. The second kappa shape index (κ2) is 5.00. The lowest BCUT2D eigenvalue weighted by molar-refractivity contribution is 1.80. The van der Waals surface area contributed by atoms with Gasteiger partial charge in [-0.2, -0.15) is 0 Å². The Morgan fingerprint density at radius 1 is 0.219 bits per heavy atom. The van der Waals surface area contributed by atoms with E-state index in [9.17, 15) is 0 Å². The molecular weight excluding hydrogens is 384 g/mol. The van der Waals surface area contributed by atoms with Crippen LogP contribution in [0.1, 0.15) is 0 Å². The van der Waals surface area contributed by atoms with Gasteiger partial charge in [0.25, 0.3) is 0 Å². The average Bonchev–Trinajstić information content (AvgIpc) is 3.22. The molecule has 0 aliphatic heterocycles. The summed E-state index contributed by atoms with van der Waals surface area (Å²) in [6.07, 6.45) is 0. The molecule has 0 atom stereocenters. The number of benzene rings is 8. The molecule has 0 aromatic heterocycles. The normalized spacial score (nSPS) is 13.0. The van der Waals surface area contributed by atoms with Crippen molar-refractivity contribution in [3.63, 3.8) is 0 Å². The predicted octanol–water partition coefficient (Wildman–Crippen LogP) is 9.23. The fourth-order valence-electron chi connectivity index (χ4n) is 6.60. The van der Waals surface area contributed by atoms with Crippen molar-refractivity contribution in [3.05, 3.63) is 97.1 Å². The lowest BCUT2D eigenvalue weighted by Crippen LogP contribution is -1.86. The molecule has 32 heavy (non-hydrogen) atoms. The first-order valence-corrected chi connectivity index (χ1v) is 11.3. The molecule has 0 nitrogen and oxygen atoms in total. The van der Waals surface area contributed by atoms with Gasteiger partial charge in [-0.15, -0.1) is 0 Å². The molecule has 0 saturated heterocycles. The average molecular weight is 400 g/mol. The van der Waals surface area contributed by atoms with Crippen LogP contribution >= 0.6 is 0 Å². The molecule has 0 aliphatic carbocycles. The Morgan fingerprint density at radius 2 is 0.656 bits per heavy atom. The Labute approximate surface area is 183 Å². The summed E-state index contributed by atoms with van der Waals surface area (Å²) in [6, 6.07) is 36.5. The van der Waals surface area contributed by atoms with Gasteiger partial charge < -0.3 is 0 Å². The van der Waals surface area contributed by atoms with E-state index < -0.39 is 0 Å². The Morgan fingerprint density at radius 3 is 1.34 bits per heavy atom. The molecule has 0 unspecified atom stereocenters. The standard InChI is InChI=1S/C32H16/c1-2-4-22-17(3-1)5-6-18-11-14-23-24-15-12-20-9-7-19-8-10-21-13-16-25(30(23)26(18)22)32-29(21)27(19)28(20)31(24)32/h1-16H. The van der Waals surface area contributed by atoms with Gasteiger partial charge in [0.2, 0.25) is 0 Å². The number of hydrogen-bond donors (Lipinski definition) is 0. The first-order chi connectivity index (χ1) is 15.9. The van der Waals surface area contributed by atoms with Gasteiger partial charge in [-0.25, -0.2) is 0 Å². The highest BCUT2D eigenvalue weighted by molar-refractivity contribution is 6.49. The number of fused-ring (bicyclic) bond motifs is 7. The largest absolute Gasteiger partial charge is 0.0616 e. The van der Waals surface area contributed by atoms with E-state index >= 15 is 0 Å². The van der Waals surface area contributed by atoms with Gasteiger partial charge in [0.05, 0.1) is 0 Å². The second-order valence-corrected chi connectivity index (χ2v) is 9.27. The number of hydrogen-bond acceptors (Lipinski definition) is 0. The summed E-state index contributed by atoms with van der Waals surface area (Å²) in [7, 11) is 0. The quantitative estimate of drug-likeness (QED) is 0.223. The Kier molecular flexibility index (Phi) is 2.44. The molecule has 0 N–H and O–H groups in total. The molecular formula is C32H16. The summed E-state index contributed by atoms with van der Waals surface area (Å²) in [6.45, 7) is 0. The summed E-state index contributed by atoms with van der Waals surface area (Å²) < 4.78 is 0. The Bertz CT molecular complexity index is 2170. The van der Waals surface area contributed by atoms with Gasteiger partial charge in [0.1, 0.15) is 0 Å². The first kappa shape index (κ1) is 15.6. The third kappa shape index (κ3) is 1.57. The topological polar surface area (TPSA) is 0 Å². The fraction of sp³-hybridized carbons (Fsp3) is 0. The van der Waals surface area contributed by atoms with Crippen molar-refractivity contribution >= 4 is 86.2 Å². The Balaban J connectivity index is 1.75. The third-order valence-corrected chi connectivity index (χ3v) is 7.87. The minimum Gasteiger partial charge on any atom is -0.0616 e. The fourth-order valence-corrected chi connectivity index (χ4v) is 6.60. The molecule has 0 heteroatoms. The van der Waals surface area contributed by atoms with Crippen LogP contribution in [0.3, 0.4) is 0 Å². The molecule has 9 aromatic carbocycles. The summed E-state index contributed by atoms with van der Waals surface area (Å²) in [5.41, 5.74) is 0. The SMILES string of the molecule is c1ccc2c(c1)ccc1ccc3c4ccc5ccc6ccc7ccc(c3c12)c1c7c6c5c41. The zero-order valence-electron chi connectivity index (χ0n) is 17.2. The molecule has 144 valence electrons. The molecule has 0 spiro atoms. The van der Waals surface area contributed by atoms with E-state index in [1.54, 1.807) is 0 Å². The first-order valence-electron chi connectivity index (χ1n) is 11.3. The van der Waals surface area contributed by atoms with Gasteiger partial charge in [0.15, 0.2) is 0 Å². The molecule has 9 aromatic rings. The minimum atomic E-state index is 1.30. The summed E-state index contributed by atoms with van der Waals surface area (Å²) in [5.74, 6) is 0. The van der Waals surface area contributed by atoms with Gasteiger partial charge in [-0.1, -0.05) is 97.1 Å². The molecule has 0 heterocycles. The van der Waals surface area contributed by atoms with Crippen LogP contribution in [0.15, 0.2) is 97.1 Å². The summed E-state index contributed by atoms with van der Waals surface area (Å²) >= 11 is 0. The maximum absolute atomic E-state index is 2.37. The van der Waals surface area contributed by atoms with Crippen LogP contribution in [0, 0.1) is 0 Å². The predicted molar refractivity (Wildman–Crippen MR) is 140 cm³/mol. The van der Waals surface area contributed by atoms with Crippen LogP contribution in [0.4, 0.5) is 0 Å². The van der Waals surface area contributed by atoms with Gasteiger partial charge in [-0.3, -0.25) is 0 Å². The highest BCUT2D eigenvalue weighted by atomic mass is 14.2. The summed E-state index contributed by atoms with van der Waals surface area (Å²) in [4.78, 5) is 0. The zero-order valence-corrected chi connectivity index (χ0v) is 17.2. The van der Waals surface area contributed by atoms with E-state index in [0.717, 1.165) is 0 Å². The van der Waals surface area contributed by atoms with Crippen molar-refractivity contribution in [2.24, 2.45) is 0 Å². The molecule has 9 rings (SSSR count). The smallest absolute Gasteiger partial charge is 0.000718 e. The van der Waals surface area contributed by atoms with Gasteiger partial charge >= 0.3 is 0 Å².